The Morgan fingerprint density at radius 1 is 1.37 bits per heavy atom. The van der Waals surface area contributed by atoms with Crippen LogP contribution in [0.5, 0.6) is 0 Å². The molecule has 1 aliphatic rings. The van der Waals surface area contributed by atoms with E-state index in [0.29, 0.717) is 30.4 Å². The van der Waals surface area contributed by atoms with Crippen molar-refractivity contribution in [3.05, 3.63) is 53.4 Å². The molecule has 8 nitrogen and oxygen atoms in total. The molecule has 1 aliphatic heterocycles. The maximum atomic E-state index is 14.2. The number of hydrogen-bond acceptors (Lipinski definition) is 6. The van der Waals surface area contributed by atoms with Gasteiger partial charge >= 0.3 is 0 Å². The summed E-state index contributed by atoms with van der Waals surface area (Å²) in [7, 11) is 1.78. The number of aromatic nitrogens is 4. The van der Waals surface area contributed by atoms with Crippen molar-refractivity contribution in [1.82, 2.24) is 24.8 Å². The van der Waals surface area contributed by atoms with Crippen molar-refractivity contribution in [2.24, 2.45) is 7.05 Å². The average molecular weight is 371 g/mol. The van der Waals surface area contributed by atoms with Gasteiger partial charge in [-0.25, -0.2) is 4.39 Å². The third kappa shape index (κ3) is 3.33. The minimum atomic E-state index is -0.556. The van der Waals surface area contributed by atoms with Gasteiger partial charge in [-0.15, -0.1) is 0 Å². The number of morpholine rings is 1. The largest absolute Gasteiger partial charge is 0.377 e. The summed E-state index contributed by atoms with van der Waals surface area (Å²) in [5, 5.41) is 8.07. The van der Waals surface area contributed by atoms with Gasteiger partial charge in [0, 0.05) is 19.8 Å². The summed E-state index contributed by atoms with van der Waals surface area (Å²) < 4.78 is 26.6. The Labute approximate surface area is 154 Å². The maximum Gasteiger partial charge on any atom is 0.261 e. The molecule has 0 spiro atoms. The van der Waals surface area contributed by atoms with E-state index in [1.165, 1.54) is 11.0 Å². The van der Waals surface area contributed by atoms with Crippen molar-refractivity contribution in [2.75, 3.05) is 19.8 Å². The van der Waals surface area contributed by atoms with E-state index in [4.69, 9.17) is 9.26 Å². The van der Waals surface area contributed by atoms with E-state index in [9.17, 15) is 9.18 Å². The van der Waals surface area contributed by atoms with Crippen LogP contribution in [-0.4, -0.2) is 50.5 Å². The summed E-state index contributed by atoms with van der Waals surface area (Å²) in [6.07, 6.45) is 3.36. The first-order chi connectivity index (χ1) is 13.0. The molecule has 0 unspecified atom stereocenters. The second-order valence-electron chi connectivity index (χ2n) is 6.43. The summed E-state index contributed by atoms with van der Waals surface area (Å²) in [4.78, 5) is 18.9. The summed E-state index contributed by atoms with van der Waals surface area (Å²) in [5.74, 6) is -0.356. The first kappa shape index (κ1) is 17.3. The summed E-state index contributed by atoms with van der Waals surface area (Å²) >= 11 is 0. The quantitative estimate of drug-likeness (QED) is 0.701. The predicted octanol–water partition coefficient (Wildman–Crippen LogP) is 2.13. The number of aryl methyl sites for hydroxylation is 2. The lowest BCUT2D eigenvalue weighted by Gasteiger charge is -2.33. The van der Waals surface area contributed by atoms with Gasteiger partial charge in [-0.1, -0.05) is 16.8 Å². The van der Waals surface area contributed by atoms with E-state index in [2.05, 4.69) is 15.2 Å². The average Bonchev–Trinajstić information content (AvgIpc) is 3.32. The van der Waals surface area contributed by atoms with Crippen LogP contribution in [-0.2, 0) is 11.8 Å². The van der Waals surface area contributed by atoms with Crippen molar-refractivity contribution in [3.8, 4) is 11.5 Å². The molecular formula is C18H18FN5O3. The molecule has 0 aliphatic carbocycles. The predicted molar refractivity (Wildman–Crippen MR) is 92.2 cm³/mol. The fraction of sp³-hybridized carbons (Fsp3) is 0.333. The van der Waals surface area contributed by atoms with Crippen molar-refractivity contribution in [3.63, 3.8) is 0 Å². The molecule has 140 valence electrons. The zero-order valence-corrected chi connectivity index (χ0v) is 14.9. The van der Waals surface area contributed by atoms with E-state index in [1.807, 2.05) is 6.92 Å². The number of benzene rings is 1. The number of carbonyl (C=O) groups excluding carboxylic acids is 1. The second kappa shape index (κ2) is 6.92. The Morgan fingerprint density at radius 3 is 3.00 bits per heavy atom. The van der Waals surface area contributed by atoms with Crippen molar-refractivity contribution < 1.29 is 18.4 Å². The fourth-order valence-corrected chi connectivity index (χ4v) is 3.04. The first-order valence-corrected chi connectivity index (χ1v) is 8.50. The molecule has 3 heterocycles. The number of nitrogens with zero attached hydrogens (tertiary/aromatic N) is 5. The Kier molecular flexibility index (Phi) is 4.44. The zero-order chi connectivity index (χ0) is 19.0. The summed E-state index contributed by atoms with van der Waals surface area (Å²) in [5.41, 5.74) is 1.51. The van der Waals surface area contributed by atoms with E-state index in [1.54, 1.807) is 36.3 Å². The standard InChI is InChI=1S/C18H18FN5O3/c1-11-3-4-14(19)13(7-11)18(25)24-5-6-26-10-15(24)16-21-17(27-22-16)12-8-20-23(2)9-12/h3-4,7-9,15H,5-6,10H2,1-2H3/t15-/m1/s1. The summed E-state index contributed by atoms with van der Waals surface area (Å²) in [6, 6.07) is 3.91. The van der Waals surface area contributed by atoms with Crippen LogP contribution in [0.3, 0.4) is 0 Å². The second-order valence-corrected chi connectivity index (χ2v) is 6.43. The highest BCUT2D eigenvalue weighted by Crippen LogP contribution is 2.27. The van der Waals surface area contributed by atoms with Crippen LogP contribution in [0.4, 0.5) is 4.39 Å². The molecule has 2 aromatic heterocycles. The molecule has 3 aromatic rings. The van der Waals surface area contributed by atoms with Gasteiger partial charge in [-0.2, -0.15) is 10.1 Å². The number of carbonyl (C=O) groups is 1. The van der Waals surface area contributed by atoms with E-state index >= 15 is 0 Å². The molecule has 4 rings (SSSR count). The molecule has 0 bridgehead atoms. The highest BCUT2D eigenvalue weighted by atomic mass is 19.1. The lowest BCUT2D eigenvalue weighted by molar-refractivity contribution is -0.00600. The smallest absolute Gasteiger partial charge is 0.261 e. The van der Waals surface area contributed by atoms with Crippen LogP contribution in [0.2, 0.25) is 0 Å². The highest BCUT2D eigenvalue weighted by molar-refractivity contribution is 5.95. The van der Waals surface area contributed by atoms with E-state index < -0.39 is 17.8 Å². The molecule has 9 heteroatoms. The monoisotopic (exact) mass is 371 g/mol. The molecule has 1 atom stereocenters. The number of hydrogen-bond donors (Lipinski definition) is 0. The van der Waals surface area contributed by atoms with E-state index in [0.717, 1.165) is 5.56 Å². The third-order valence-electron chi connectivity index (χ3n) is 4.43. The first-order valence-electron chi connectivity index (χ1n) is 8.50. The zero-order valence-electron chi connectivity index (χ0n) is 14.9. The van der Waals surface area contributed by atoms with Gasteiger partial charge in [-0.05, 0) is 19.1 Å². The molecule has 27 heavy (non-hydrogen) atoms. The normalized spacial score (nSPS) is 17.3. The van der Waals surface area contributed by atoms with Crippen LogP contribution in [0, 0.1) is 12.7 Å². The molecule has 0 radical (unpaired) electrons. The number of halogens is 1. The maximum absolute atomic E-state index is 14.2. The fourth-order valence-electron chi connectivity index (χ4n) is 3.04. The van der Waals surface area contributed by atoms with Crippen LogP contribution in [0.25, 0.3) is 11.5 Å². The number of amides is 1. The molecule has 1 aromatic carbocycles. The molecule has 1 amide bonds. The third-order valence-corrected chi connectivity index (χ3v) is 4.43. The number of ether oxygens (including phenoxy) is 1. The van der Waals surface area contributed by atoms with Gasteiger partial charge in [0.1, 0.15) is 11.9 Å². The van der Waals surface area contributed by atoms with Gasteiger partial charge in [0.15, 0.2) is 5.82 Å². The SMILES string of the molecule is Cc1ccc(F)c(C(=O)N2CCOC[C@@H]2c2noc(-c3cnn(C)c3)n2)c1. The van der Waals surface area contributed by atoms with Crippen LogP contribution >= 0.6 is 0 Å². The topological polar surface area (TPSA) is 86.3 Å². The van der Waals surface area contributed by atoms with Crippen LogP contribution in [0.15, 0.2) is 35.1 Å². The van der Waals surface area contributed by atoms with Crippen molar-refractivity contribution in [2.45, 2.75) is 13.0 Å². The lowest BCUT2D eigenvalue weighted by Crippen LogP contribution is -2.44. The Morgan fingerprint density at radius 2 is 2.22 bits per heavy atom. The molecular weight excluding hydrogens is 353 g/mol. The molecule has 0 saturated carbocycles. The van der Waals surface area contributed by atoms with Crippen LogP contribution < -0.4 is 0 Å². The van der Waals surface area contributed by atoms with Crippen molar-refractivity contribution in [1.29, 1.82) is 0 Å². The molecule has 0 N–H and O–H groups in total. The lowest BCUT2D eigenvalue weighted by atomic mass is 10.1. The summed E-state index contributed by atoms with van der Waals surface area (Å²) in [6.45, 7) is 2.70. The minimum absolute atomic E-state index is 0.0258. The van der Waals surface area contributed by atoms with E-state index in [-0.39, 0.29) is 12.2 Å². The van der Waals surface area contributed by atoms with Gasteiger partial charge in [0.2, 0.25) is 0 Å². The van der Waals surface area contributed by atoms with Gasteiger partial charge in [0.05, 0.1) is 30.5 Å². The van der Waals surface area contributed by atoms with Crippen molar-refractivity contribution >= 4 is 5.91 Å². The van der Waals surface area contributed by atoms with Crippen LogP contribution in [0.1, 0.15) is 27.8 Å². The number of rotatable bonds is 3. The van der Waals surface area contributed by atoms with Gasteiger partial charge in [-0.3, -0.25) is 9.48 Å². The Bertz CT molecular complexity index is 983. The highest BCUT2D eigenvalue weighted by Gasteiger charge is 2.34. The van der Waals surface area contributed by atoms with Gasteiger partial charge < -0.3 is 14.2 Å². The Balaban J connectivity index is 1.64. The molecule has 1 fully saturated rings. The van der Waals surface area contributed by atoms with Gasteiger partial charge in [0.25, 0.3) is 11.8 Å². The molecule has 1 saturated heterocycles. The Hall–Kier alpha value is -3.07. The minimum Gasteiger partial charge on any atom is -0.377 e.